The van der Waals surface area contributed by atoms with Crippen LogP contribution in [-0.2, 0) is 38.1 Å². The number of methoxy groups -OCH3 is 1. The summed E-state index contributed by atoms with van der Waals surface area (Å²) >= 11 is 0. The van der Waals surface area contributed by atoms with E-state index in [1.54, 1.807) is 6.92 Å². The van der Waals surface area contributed by atoms with Crippen LogP contribution in [0.1, 0.15) is 67.2 Å². The number of rotatable bonds is 11. The van der Waals surface area contributed by atoms with E-state index in [2.05, 4.69) is 4.74 Å². The SMILES string of the molecule is CCC(C)(C)C(=O)OC1C2CC3C1OC(=O)C3C2C(=O)OC.CCC(C)(C)C(=O)OCC(F)(F)CC(F)(F)C(F)F. The Balaban J connectivity index is 0.000000291. The van der Waals surface area contributed by atoms with E-state index in [0.717, 1.165) is 0 Å². The zero-order valence-electron chi connectivity index (χ0n) is 24.1. The van der Waals surface area contributed by atoms with Gasteiger partial charge in [-0.25, -0.2) is 26.3 Å². The van der Waals surface area contributed by atoms with Gasteiger partial charge in [0.15, 0.2) is 6.61 Å². The highest BCUT2D eigenvalue weighted by Gasteiger charge is 2.70. The maximum atomic E-state index is 13.0. The fourth-order valence-corrected chi connectivity index (χ4v) is 5.02. The largest absolute Gasteiger partial charge is 0.469 e. The van der Waals surface area contributed by atoms with Crippen LogP contribution in [0.25, 0.3) is 0 Å². The van der Waals surface area contributed by atoms with E-state index in [0.29, 0.717) is 19.3 Å². The van der Waals surface area contributed by atoms with Gasteiger partial charge in [-0.05, 0) is 47.0 Å². The summed E-state index contributed by atoms with van der Waals surface area (Å²) in [7, 11) is 1.31. The molecule has 41 heavy (non-hydrogen) atoms. The monoisotopic (exact) mass is 604 g/mol. The lowest BCUT2D eigenvalue weighted by Crippen LogP contribution is -2.45. The molecule has 0 aromatic heterocycles. The van der Waals surface area contributed by atoms with Crippen LogP contribution < -0.4 is 0 Å². The van der Waals surface area contributed by atoms with Gasteiger partial charge >= 0.3 is 36.2 Å². The highest BCUT2D eigenvalue weighted by molar-refractivity contribution is 5.86. The molecule has 0 aromatic rings. The Morgan fingerprint density at radius 3 is 1.98 bits per heavy atom. The second-order valence-corrected chi connectivity index (χ2v) is 12.1. The van der Waals surface area contributed by atoms with Crippen LogP contribution in [0.2, 0.25) is 0 Å². The van der Waals surface area contributed by atoms with E-state index in [1.165, 1.54) is 21.0 Å². The third-order valence-corrected chi connectivity index (χ3v) is 8.36. The summed E-state index contributed by atoms with van der Waals surface area (Å²) in [5.74, 6) is -12.3. The molecule has 14 heteroatoms. The first-order chi connectivity index (χ1) is 18.7. The molecule has 6 atom stereocenters. The number of halogens is 6. The molecule has 2 aliphatic carbocycles. The normalized spacial score (nSPS) is 27.2. The van der Waals surface area contributed by atoms with Gasteiger partial charge in [-0.15, -0.1) is 0 Å². The van der Waals surface area contributed by atoms with E-state index in [1.807, 2.05) is 20.8 Å². The van der Waals surface area contributed by atoms with Gasteiger partial charge in [0, 0.05) is 11.8 Å². The number of ether oxygens (including phenoxy) is 4. The lowest BCUT2D eigenvalue weighted by Gasteiger charge is -2.32. The van der Waals surface area contributed by atoms with Crippen molar-refractivity contribution in [1.82, 2.24) is 0 Å². The lowest BCUT2D eigenvalue weighted by atomic mass is 9.78. The number of carbonyl (C=O) groups is 4. The van der Waals surface area contributed by atoms with Crippen LogP contribution in [0.4, 0.5) is 26.3 Å². The van der Waals surface area contributed by atoms with Gasteiger partial charge in [-0.2, -0.15) is 0 Å². The van der Waals surface area contributed by atoms with E-state index in [4.69, 9.17) is 14.2 Å². The molecule has 0 aromatic carbocycles. The fourth-order valence-electron chi connectivity index (χ4n) is 5.02. The first kappa shape index (κ1) is 34.7. The van der Waals surface area contributed by atoms with E-state index in [9.17, 15) is 45.5 Å². The van der Waals surface area contributed by atoms with Gasteiger partial charge in [0.2, 0.25) is 0 Å². The van der Waals surface area contributed by atoms with Crippen LogP contribution in [-0.4, -0.2) is 68.1 Å². The van der Waals surface area contributed by atoms with Crippen molar-refractivity contribution in [3.8, 4) is 0 Å². The first-order valence-corrected chi connectivity index (χ1v) is 13.4. The molecule has 6 unspecified atom stereocenters. The molecule has 3 rings (SSSR count). The summed E-state index contributed by atoms with van der Waals surface area (Å²) in [5.41, 5.74) is -1.63. The van der Waals surface area contributed by atoms with Gasteiger partial charge in [0.25, 0.3) is 5.92 Å². The molecule has 0 amide bonds. The molecule has 2 saturated carbocycles. The average molecular weight is 605 g/mol. The smallest absolute Gasteiger partial charge is 0.313 e. The zero-order valence-corrected chi connectivity index (χ0v) is 24.1. The number of fused-ring (bicyclic) bond motifs is 1. The molecular formula is C27H38F6O8. The number of hydrogen-bond acceptors (Lipinski definition) is 8. The predicted molar refractivity (Wildman–Crippen MR) is 130 cm³/mol. The van der Waals surface area contributed by atoms with Crippen LogP contribution in [0.5, 0.6) is 0 Å². The van der Waals surface area contributed by atoms with Crippen LogP contribution in [0.15, 0.2) is 0 Å². The number of alkyl halides is 6. The van der Waals surface area contributed by atoms with Gasteiger partial charge in [-0.1, -0.05) is 13.8 Å². The lowest BCUT2D eigenvalue weighted by molar-refractivity contribution is -0.198. The second-order valence-electron chi connectivity index (χ2n) is 12.1. The molecule has 0 N–H and O–H groups in total. The standard InChI is InChI=1S/C16H22O6.C11H16F6O2/c1-5-16(2,3)15(19)22-12-7-6-8-10(9(7)13(17)20-4)14(18)21-11(8)12;1-4-9(2,3)8(18)19-6-10(14,15)5-11(16,17)7(12)13/h7-12H,5-6H2,1-4H3;7H,4-6H2,1-3H3. The van der Waals surface area contributed by atoms with Gasteiger partial charge < -0.3 is 18.9 Å². The third kappa shape index (κ3) is 7.46. The van der Waals surface area contributed by atoms with Crippen molar-refractivity contribution in [2.24, 2.45) is 34.5 Å². The number of hydrogen-bond donors (Lipinski definition) is 0. The van der Waals surface area contributed by atoms with Crippen LogP contribution >= 0.6 is 0 Å². The summed E-state index contributed by atoms with van der Waals surface area (Å²) in [6, 6.07) is 0. The first-order valence-electron chi connectivity index (χ1n) is 13.4. The summed E-state index contributed by atoms with van der Waals surface area (Å²) in [4.78, 5) is 47.8. The molecule has 8 nitrogen and oxygen atoms in total. The summed E-state index contributed by atoms with van der Waals surface area (Å²) in [6.07, 6.45) is -5.87. The quantitative estimate of drug-likeness (QED) is 0.180. The molecule has 2 bridgehead atoms. The molecule has 0 radical (unpaired) electrons. The number of carbonyl (C=O) groups excluding carboxylic acids is 4. The summed E-state index contributed by atoms with van der Waals surface area (Å²) in [6.45, 7) is 8.41. The van der Waals surface area contributed by atoms with Crippen molar-refractivity contribution in [2.75, 3.05) is 13.7 Å². The predicted octanol–water partition coefficient (Wildman–Crippen LogP) is 5.21. The van der Waals surface area contributed by atoms with Crippen molar-refractivity contribution in [2.45, 2.75) is 97.7 Å². The molecule has 3 fully saturated rings. The average Bonchev–Trinajstić information content (AvgIpc) is 3.50. The highest BCUT2D eigenvalue weighted by Crippen LogP contribution is 2.59. The molecule has 1 saturated heterocycles. The van der Waals surface area contributed by atoms with Crippen molar-refractivity contribution in [3.05, 3.63) is 0 Å². The van der Waals surface area contributed by atoms with Crippen molar-refractivity contribution >= 4 is 23.9 Å². The van der Waals surface area contributed by atoms with Gasteiger partial charge in [0.05, 0.1) is 36.2 Å². The highest BCUT2D eigenvalue weighted by atomic mass is 19.3. The molecule has 3 aliphatic rings. The Kier molecular flexibility index (Phi) is 10.5. The van der Waals surface area contributed by atoms with Crippen molar-refractivity contribution < 1.29 is 64.5 Å². The maximum Gasteiger partial charge on any atom is 0.313 e. The van der Waals surface area contributed by atoms with Crippen LogP contribution in [0.3, 0.4) is 0 Å². The van der Waals surface area contributed by atoms with E-state index < -0.39 is 78.1 Å². The topological polar surface area (TPSA) is 105 Å². The minimum Gasteiger partial charge on any atom is -0.469 e. The Bertz CT molecular complexity index is 998. The Labute approximate surface area is 234 Å². The Morgan fingerprint density at radius 1 is 0.951 bits per heavy atom. The van der Waals surface area contributed by atoms with Crippen LogP contribution in [0, 0.1) is 34.5 Å². The zero-order chi connectivity index (χ0) is 31.7. The number of esters is 4. The van der Waals surface area contributed by atoms with E-state index >= 15 is 0 Å². The molecule has 236 valence electrons. The van der Waals surface area contributed by atoms with Gasteiger partial charge in [-0.3, -0.25) is 19.2 Å². The molecule has 1 heterocycles. The van der Waals surface area contributed by atoms with E-state index in [-0.39, 0.29) is 23.8 Å². The molecule has 1 aliphatic heterocycles. The van der Waals surface area contributed by atoms with Crippen molar-refractivity contribution in [1.29, 1.82) is 0 Å². The minimum absolute atomic E-state index is 0.0378. The second kappa shape index (κ2) is 12.4. The fraction of sp³-hybridized carbons (Fsp3) is 0.852. The minimum atomic E-state index is -4.82. The maximum absolute atomic E-state index is 13.0. The summed E-state index contributed by atoms with van der Waals surface area (Å²) < 4.78 is 94.8. The van der Waals surface area contributed by atoms with Crippen molar-refractivity contribution in [3.63, 3.8) is 0 Å². The Hall–Kier alpha value is -2.54. The Morgan fingerprint density at radius 2 is 1.49 bits per heavy atom. The molecule has 0 spiro atoms. The third-order valence-electron chi connectivity index (χ3n) is 8.36. The summed E-state index contributed by atoms with van der Waals surface area (Å²) in [5, 5.41) is 0. The molecular weight excluding hydrogens is 566 g/mol. The van der Waals surface area contributed by atoms with Gasteiger partial charge in [0.1, 0.15) is 12.2 Å².